The number of halogens is 1. The summed E-state index contributed by atoms with van der Waals surface area (Å²) in [5.41, 5.74) is 1.27. The molecule has 0 atom stereocenters. The van der Waals surface area contributed by atoms with Crippen molar-refractivity contribution in [2.45, 2.75) is 6.42 Å². The van der Waals surface area contributed by atoms with Crippen molar-refractivity contribution in [3.05, 3.63) is 35.9 Å². The van der Waals surface area contributed by atoms with E-state index in [4.69, 9.17) is 4.74 Å². The minimum atomic E-state index is -0.428. The van der Waals surface area contributed by atoms with E-state index in [-0.39, 0.29) is 6.73 Å². The van der Waals surface area contributed by atoms with Gasteiger partial charge in [-0.05, 0) is 12.0 Å². The second-order valence-corrected chi connectivity index (χ2v) is 3.45. The Hall–Kier alpha value is -0.820. The Bertz CT molecular complexity index is 293. The van der Waals surface area contributed by atoms with Crippen molar-refractivity contribution in [2.24, 2.45) is 0 Å². The fraction of sp³-hybridized carbons (Fsp3) is 0.300. The lowest BCUT2D eigenvalue weighted by molar-refractivity contribution is 0.145. The number of nitrogens with one attached hydrogen (secondary N) is 2. The summed E-state index contributed by atoms with van der Waals surface area (Å²) in [6, 6.07) is 10.1. The molecule has 0 aromatic heterocycles. The molecule has 15 heavy (non-hydrogen) atoms. The molecule has 82 valence electrons. The van der Waals surface area contributed by atoms with Crippen LogP contribution in [-0.4, -0.2) is 19.4 Å². The average Bonchev–Trinajstić information content (AvgIpc) is 2.29. The van der Waals surface area contributed by atoms with Gasteiger partial charge in [-0.15, -0.1) is 0 Å². The van der Waals surface area contributed by atoms with Gasteiger partial charge < -0.3 is 4.74 Å². The summed E-state index contributed by atoms with van der Waals surface area (Å²) in [7, 11) is 0. The molecule has 0 unspecified atom stereocenters. The van der Waals surface area contributed by atoms with E-state index >= 15 is 0 Å². The molecular formula is C10H13IN2O2. The molecule has 0 aliphatic rings. The highest BCUT2D eigenvalue weighted by molar-refractivity contribution is 14.1. The highest BCUT2D eigenvalue weighted by Gasteiger charge is 1.96. The number of hydrogen-bond donors (Lipinski definition) is 2. The quantitative estimate of drug-likeness (QED) is 0.377. The van der Waals surface area contributed by atoms with E-state index in [0.717, 1.165) is 13.0 Å². The summed E-state index contributed by atoms with van der Waals surface area (Å²) in [4.78, 5) is 10.7. The van der Waals surface area contributed by atoms with Gasteiger partial charge in [0.2, 0.25) is 0 Å². The molecule has 0 spiro atoms. The summed E-state index contributed by atoms with van der Waals surface area (Å²) < 4.78 is 7.10. The highest BCUT2D eigenvalue weighted by atomic mass is 127. The Labute approximate surface area is 103 Å². The molecule has 1 aromatic rings. The summed E-state index contributed by atoms with van der Waals surface area (Å²) in [5, 5.41) is 3.01. The van der Waals surface area contributed by atoms with Gasteiger partial charge in [-0.2, -0.15) is 0 Å². The van der Waals surface area contributed by atoms with Gasteiger partial charge in [0.05, 0.1) is 22.9 Å². The molecular weight excluding hydrogens is 307 g/mol. The Morgan fingerprint density at radius 1 is 1.33 bits per heavy atom. The number of benzene rings is 1. The lowest BCUT2D eigenvalue weighted by atomic mass is 10.2. The zero-order valence-corrected chi connectivity index (χ0v) is 10.4. The topological polar surface area (TPSA) is 50.4 Å². The predicted molar refractivity (Wildman–Crippen MR) is 66.7 cm³/mol. The Morgan fingerprint density at radius 3 is 2.73 bits per heavy atom. The van der Waals surface area contributed by atoms with Crippen molar-refractivity contribution in [2.75, 3.05) is 13.3 Å². The van der Waals surface area contributed by atoms with Gasteiger partial charge in [0.1, 0.15) is 6.73 Å². The van der Waals surface area contributed by atoms with E-state index in [9.17, 15) is 4.79 Å². The lowest BCUT2D eigenvalue weighted by Gasteiger charge is -2.05. The molecule has 0 saturated heterocycles. The first-order valence-electron chi connectivity index (χ1n) is 4.61. The second kappa shape index (κ2) is 7.47. The Kier molecular flexibility index (Phi) is 6.10. The molecule has 1 amide bonds. The maximum absolute atomic E-state index is 10.7. The third-order valence-corrected chi connectivity index (χ3v) is 2.26. The lowest BCUT2D eigenvalue weighted by Crippen LogP contribution is -2.25. The number of amides is 1. The van der Waals surface area contributed by atoms with Crippen LogP contribution in [0.5, 0.6) is 0 Å². The van der Waals surface area contributed by atoms with Gasteiger partial charge in [-0.1, -0.05) is 30.3 Å². The van der Waals surface area contributed by atoms with E-state index in [2.05, 4.69) is 21.0 Å². The summed E-state index contributed by atoms with van der Waals surface area (Å²) >= 11 is 1.73. The molecule has 0 aliphatic heterocycles. The largest absolute Gasteiger partial charge is 0.433 e. The van der Waals surface area contributed by atoms with E-state index in [0.29, 0.717) is 0 Å². The van der Waals surface area contributed by atoms with Crippen LogP contribution in [0.25, 0.3) is 0 Å². The minimum absolute atomic E-state index is 0.238. The van der Waals surface area contributed by atoms with Crippen LogP contribution < -0.4 is 8.85 Å². The molecule has 0 saturated carbocycles. The average molecular weight is 320 g/mol. The Morgan fingerprint density at radius 2 is 2.07 bits per heavy atom. The summed E-state index contributed by atoms with van der Waals surface area (Å²) in [5.74, 6) is 0. The van der Waals surface area contributed by atoms with Gasteiger partial charge in [0.15, 0.2) is 0 Å². The van der Waals surface area contributed by atoms with Crippen molar-refractivity contribution in [3.8, 4) is 0 Å². The summed E-state index contributed by atoms with van der Waals surface area (Å²) in [6.45, 7) is 1.03. The third kappa shape index (κ3) is 5.58. The fourth-order valence-corrected chi connectivity index (χ4v) is 1.25. The van der Waals surface area contributed by atoms with Crippen molar-refractivity contribution in [1.82, 2.24) is 8.85 Å². The smallest absolute Gasteiger partial charge is 0.417 e. The van der Waals surface area contributed by atoms with Crippen LogP contribution >= 0.6 is 22.9 Å². The second-order valence-electron chi connectivity index (χ2n) is 2.91. The van der Waals surface area contributed by atoms with Crippen molar-refractivity contribution < 1.29 is 9.53 Å². The van der Waals surface area contributed by atoms with E-state index < -0.39 is 6.09 Å². The molecule has 0 fully saturated rings. The van der Waals surface area contributed by atoms with Crippen LogP contribution in [0.3, 0.4) is 0 Å². The first kappa shape index (κ1) is 12.3. The van der Waals surface area contributed by atoms with Crippen LogP contribution in [0.1, 0.15) is 5.56 Å². The maximum Gasteiger partial charge on any atom is 0.417 e. The predicted octanol–water partition coefficient (Wildman–Crippen LogP) is 1.85. The monoisotopic (exact) mass is 320 g/mol. The van der Waals surface area contributed by atoms with E-state index in [1.54, 1.807) is 22.9 Å². The van der Waals surface area contributed by atoms with E-state index in [1.165, 1.54) is 5.56 Å². The van der Waals surface area contributed by atoms with Crippen LogP contribution in [0.4, 0.5) is 4.79 Å². The van der Waals surface area contributed by atoms with E-state index in [1.807, 2.05) is 18.2 Å². The molecule has 0 radical (unpaired) electrons. The number of hydrogen-bond acceptors (Lipinski definition) is 3. The van der Waals surface area contributed by atoms with Gasteiger partial charge in [-0.3, -0.25) is 8.85 Å². The number of ether oxygens (including phenoxy) is 1. The van der Waals surface area contributed by atoms with Crippen LogP contribution in [0.15, 0.2) is 30.3 Å². The highest BCUT2D eigenvalue weighted by Crippen LogP contribution is 1.97. The van der Waals surface area contributed by atoms with Crippen molar-refractivity contribution >= 4 is 29.0 Å². The molecule has 1 aromatic carbocycles. The summed E-state index contributed by atoms with van der Waals surface area (Å²) in [6.07, 6.45) is 0.499. The fourth-order valence-electron chi connectivity index (χ4n) is 1.09. The Balaban J connectivity index is 2.05. The van der Waals surface area contributed by atoms with Crippen LogP contribution in [0, 0.1) is 0 Å². The maximum atomic E-state index is 10.7. The number of carbonyl (C=O) groups is 1. The van der Waals surface area contributed by atoms with Crippen LogP contribution in [0.2, 0.25) is 0 Å². The normalized spacial score (nSPS) is 9.67. The number of rotatable bonds is 5. The molecule has 5 heteroatoms. The van der Waals surface area contributed by atoms with Crippen molar-refractivity contribution in [3.63, 3.8) is 0 Å². The van der Waals surface area contributed by atoms with Crippen LogP contribution in [-0.2, 0) is 11.2 Å². The third-order valence-electron chi connectivity index (χ3n) is 1.82. The molecule has 0 aliphatic carbocycles. The van der Waals surface area contributed by atoms with Gasteiger partial charge >= 0.3 is 6.09 Å². The first-order valence-corrected chi connectivity index (χ1v) is 5.69. The molecule has 0 heterocycles. The molecule has 1 rings (SSSR count). The molecule has 0 bridgehead atoms. The van der Waals surface area contributed by atoms with Gasteiger partial charge in [0.25, 0.3) is 0 Å². The first-order chi connectivity index (χ1) is 7.33. The van der Waals surface area contributed by atoms with Crippen molar-refractivity contribution in [1.29, 1.82) is 0 Å². The minimum Gasteiger partial charge on any atom is -0.433 e. The standard InChI is InChI=1S/C10H13IN2O2/c11-13-10(14)15-8-12-7-6-9-4-2-1-3-5-9/h1-5,12H,6-8H2,(H,13,14). The molecule has 4 nitrogen and oxygen atoms in total. The zero-order valence-electron chi connectivity index (χ0n) is 8.20. The van der Waals surface area contributed by atoms with Gasteiger partial charge in [-0.25, -0.2) is 4.79 Å². The van der Waals surface area contributed by atoms with Gasteiger partial charge in [0, 0.05) is 6.54 Å². The molecule has 2 N–H and O–H groups in total. The number of carbonyl (C=O) groups excluding carboxylic acids is 1. The zero-order chi connectivity index (χ0) is 10.9. The SMILES string of the molecule is O=C(NI)OCNCCc1ccccc1.